The Morgan fingerprint density at radius 2 is 1.77 bits per heavy atom. The number of carbonyl (C=O) groups is 1. The first-order valence-corrected chi connectivity index (χ1v) is 8.51. The molecule has 0 fully saturated rings. The summed E-state index contributed by atoms with van der Waals surface area (Å²) in [7, 11) is 0. The van der Waals surface area contributed by atoms with Gasteiger partial charge in [-0.3, -0.25) is 14.8 Å². The molecular weight excluding hydrogens is 324 g/mol. The van der Waals surface area contributed by atoms with Gasteiger partial charge in [-0.1, -0.05) is 35.9 Å². The van der Waals surface area contributed by atoms with Crippen molar-refractivity contribution in [1.82, 2.24) is 15.0 Å². The lowest BCUT2D eigenvalue weighted by Crippen LogP contribution is -2.27. The van der Waals surface area contributed by atoms with Gasteiger partial charge >= 0.3 is 0 Å². The van der Waals surface area contributed by atoms with E-state index in [1.807, 2.05) is 25.1 Å². The molecule has 1 aliphatic heterocycles. The van der Waals surface area contributed by atoms with Gasteiger partial charge in [-0.2, -0.15) is 5.10 Å². The van der Waals surface area contributed by atoms with Crippen LogP contribution in [0.4, 0.5) is 0 Å². The molecular formula is C21H18N4O. The van der Waals surface area contributed by atoms with Crippen LogP contribution in [0.1, 0.15) is 39.6 Å². The van der Waals surface area contributed by atoms with Gasteiger partial charge < -0.3 is 0 Å². The lowest BCUT2D eigenvalue weighted by atomic mass is 9.99. The zero-order valence-corrected chi connectivity index (χ0v) is 14.4. The van der Waals surface area contributed by atoms with Gasteiger partial charge in [0.25, 0.3) is 5.91 Å². The first-order valence-electron chi connectivity index (χ1n) is 8.51. The minimum atomic E-state index is -0.145. The Balaban J connectivity index is 1.73. The molecule has 1 unspecified atom stereocenters. The van der Waals surface area contributed by atoms with Crippen LogP contribution in [0.3, 0.4) is 0 Å². The highest BCUT2D eigenvalue weighted by atomic mass is 16.2. The van der Waals surface area contributed by atoms with Crippen LogP contribution < -0.4 is 0 Å². The summed E-state index contributed by atoms with van der Waals surface area (Å²) in [4.78, 5) is 21.4. The van der Waals surface area contributed by atoms with Crippen molar-refractivity contribution in [3.8, 4) is 0 Å². The predicted octanol–water partition coefficient (Wildman–Crippen LogP) is 3.78. The molecule has 0 saturated heterocycles. The minimum Gasteiger partial charge on any atom is -0.267 e. The van der Waals surface area contributed by atoms with Gasteiger partial charge in [0.1, 0.15) is 0 Å². The van der Waals surface area contributed by atoms with Crippen molar-refractivity contribution in [2.24, 2.45) is 5.10 Å². The molecule has 3 aromatic rings. The molecule has 4 rings (SSSR count). The minimum absolute atomic E-state index is 0.135. The van der Waals surface area contributed by atoms with E-state index in [0.717, 1.165) is 17.0 Å². The maximum atomic E-state index is 13.0. The number of pyridine rings is 2. The second kappa shape index (κ2) is 6.88. The average molecular weight is 342 g/mol. The van der Waals surface area contributed by atoms with E-state index < -0.39 is 0 Å². The smallest absolute Gasteiger partial charge is 0.267 e. The van der Waals surface area contributed by atoms with E-state index in [1.165, 1.54) is 5.56 Å². The number of hydrogen-bond donors (Lipinski definition) is 0. The molecule has 0 radical (unpaired) electrons. The third-order valence-electron chi connectivity index (χ3n) is 4.47. The monoisotopic (exact) mass is 342 g/mol. The molecule has 2 aromatic heterocycles. The first kappa shape index (κ1) is 16.1. The van der Waals surface area contributed by atoms with E-state index in [-0.39, 0.29) is 11.9 Å². The van der Waals surface area contributed by atoms with Crippen molar-refractivity contribution < 1.29 is 4.79 Å². The van der Waals surface area contributed by atoms with Crippen LogP contribution in [0.15, 0.2) is 78.3 Å². The van der Waals surface area contributed by atoms with E-state index in [9.17, 15) is 4.79 Å². The van der Waals surface area contributed by atoms with Gasteiger partial charge in [0.2, 0.25) is 0 Å². The quantitative estimate of drug-likeness (QED) is 0.728. The number of amides is 1. The molecule has 0 spiro atoms. The Bertz CT molecular complexity index is 937. The molecule has 0 bridgehead atoms. The Morgan fingerprint density at radius 3 is 2.46 bits per heavy atom. The van der Waals surface area contributed by atoms with Crippen molar-refractivity contribution in [2.75, 3.05) is 0 Å². The van der Waals surface area contributed by atoms with Crippen molar-refractivity contribution in [1.29, 1.82) is 0 Å². The second-order valence-corrected chi connectivity index (χ2v) is 6.28. The lowest BCUT2D eigenvalue weighted by Gasteiger charge is -2.22. The fourth-order valence-corrected chi connectivity index (χ4v) is 3.06. The number of benzene rings is 1. The summed E-state index contributed by atoms with van der Waals surface area (Å²) < 4.78 is 0. The molecule has 5 nitrogen and oxygen atoms in total. The summed E-state index contributed by atoms with van der Waals surface area (Å²) in [5.41, 5.74) is 4.44. The van der Waals surface area contributed by atoms with Gasteiger partial charge in [0.05, 0.1) is 17.4 Å². The molecule has 26 heavy (non-hydrogen) atoms. The normalized spacial score (nSPS) is 16.4. The molecule has 3 heterocycles. The van der Waals surface area contributed by atoms with Crippen LogP contribution in [0, 0.1) is 6.92 Å². The standard InChI is InChI=1S/C21H18N4O/c1-15-5-7-16(8-6-15)20-14-19(18-4-2-3-11-23-18)24-25(20)21(26)17-9-12-22-13-10-17/h2-13,20H,14H2,1H3. The Morgan fingerprint density at radius 1 is 1.00 bits per heavy atom. The van der Waals surface area contributed by atoms with Crippen LogP contribution in [-0.4, -0.2) is 26.6 Å². The molecule has 1 aliphatic rings. The largest absolute Gasteiger partial charge is 0.274 e. The summed E-state index contributed by atoms with van der Waals surface area (Å²) in [6.07, 6.45) is 5.62. The molecule has 128 valence electrons. The fourth-order valence-electron chi connectivity index (χ4n) is 3.06. The van der Waals surface area contributed by atoms with Crippen LogP contribution >= 0.6 is 0 Å². The molecule has 0 aliphatic carbocycles. The van der Waals surface area contributed by atoms with Crippen molar-refractivity contribution in [2.45, 2.75) is 19.4 Å². The van der Waals surface area contributed by atoms with E-state index in [2.05, 4.69) is 39.3 Å². The lowest BCUT2D eigenvalue weighted by molar-refractivity contribution is 0.0711. The maximum Gasteiger partial charge on any atom is 0.274 e. The third-order valence-corrected chi connectivity index (χ3v) is 4.47. The molecule has 0 N–H and O–H groups in total. The van der Waals surface area contributed by atoms with Crippen molar-refractivity contribution in [3.63, 3.8) is 0 Å². The summed E-state index contributed by atoms with van der Waals surface area (Å²) in [5.74, 6) is -0.135. The average Bonchev–Trinajstić information content (AvgIpc) is 3.15. The Labute approximate surface area is 152 Å². The molecule has 1 amide bonds. The number of aromatic nitrogens is 2. The number of nitrogens with zero attached hydrogens (tertiary/aromatic N) is 4. The van der Waals surface area contributed by atoms with Gasteiger partial charge in [-0.25, -0.2) is 5.01 Å². The van der Waals surface area contributed by atoms with Crippen LogP contribution in [0.2, 0.25) is 0 Å². The molecule has 5 heteroatoms. The van der Waals surface area contributed by atoms with E-state index in [0.29, 0.717) is 12.0 Å². The van der Waals surface area contributed by atoms with Crippen LogP contribution in [0.5, 0.6) is 0 Å². The number of hydrazone groups is 1. The zero-order valence-electron chi connectivity index (χ0n) is 14.4. The summed E-state index contributed by atoms with van der Waals surface area (Å²) >= 11 is 0. The van der Waals surface area contributed by atoms with Gasteiger partial charge in [-0.15, -0.1) is 0 Å². The Hall–Kier alpha value is -3.34. The van der Waals surface area contributed by atoms with E-state index in [4.69, 9.17) is 0 Å². The van der Waals surface area contributed by atoms with E-state index in [1.54, 1.807) is 35.7 Å². The summed E-state index contributed by atoms with van der Waals surface area (Å²) in [6.45, 7) is 2.05. The molecule has 1 atom stereocenters. The van der Waals surface area contributed by atoms with E-state index >= 15 is 0 Å². The molecule has 1 aromatic carbocycles. The summed E-state index contributed by atoms with van der Waals surface area (Å²) in [5, 5.41) is 6.21. The Kier molecular flexibility index (Phi) is 4.27. The fraction of sp³-hybridized carbons (Fsp3) is 0.143. The topological polar surface area (TPSA) is 58.5 Å². The van der Waals surface area contributed by atoms with Crippen LogP contribution in [-0.2, 0) is 0 Å². The highest BCUT2D eigenvalue weighted by Gasteiger charge is 2.34. The first-order chi connectivity index (χ1) is 12.7. The van der Waals surface area contributed by atoms with Gasteiger partial charge in [0.15, 0.2) is 0 Å². The SMILES string of the molecule is Cc1ccc(C2CC(c3ccccn3)=NN2C(=O)c2ccncc2)cc1. The number of carbonyl (C=O) groups excluding carboxylic acids is 1. The number of hydrogen-bond acceptors (Lipinski definition) is 4. The second-order valence-electron chi connectivity index (χ2n) is 6.28. The van der Waals surface area contributed by atoms with Crippen molar-refractivity contribution >= 4 is 11.6 Å². The van der Waals surface area contributed by atoms with Crippen LogP contribution in [0.25, 0.3) is 0 Å². The predicted molar refractivity (Wildman–Crippen MR) is 99.7 cm³/mol. The highest BCUT2D eigenvalue weighted by Crippen LogP contribution is 2.33. The van der Waals surface area contributed by atoms with Gasteiger partial charge in [-0.05, 0) is 36.8 Å². The maximum absolute atomic E-state index is 13.0. The molecule has 0 saturated carbocycles. The number of aryl methyl sites for hydroxylation is 1. The zero-order chi connectivity index (χ0) is 17.9. The highest BCUT2D eigenvalue weighted by molar-refractivity contribution is 6.03. The van der Waals surface area contributed by atoms with Gasteiger partial charge in [0, 0.05) is 30.6 Å². The third kappa shape index (κ3) is 3.11. The summed E-state index contributed by atoms with van der Waals surface area (Å²) in [6, 6.07) is 17.2. The van der Waals surface area contributed by atoms with Crippen molar-refractivity contribution in [3.05, 3.63) is 95.6 Å². The number of rotatable bonds is 3.